The first kappa shape index (κ1) is 20.3. The van der Waals surface area contributed by atoms with Crippen LogP contribution in [0.15, 0.2) is 30.3 Å². The molecule has 0 unspecified atom stereocenters. The fourth-order valence-corrected chi connectivity index (χ4v) is 3.42. The predicted molar refractivity (Wildman–Crippen MR) is 101 cm³/mol. The lowest BCUT2D eigenvalue weighted by Crippen LogP contribution is -2.42. The van der Waals surface area contributed by atoms with Crippen LogP contribution in [0.5, 0.6) is 5.75 Å². The van der Waals surface area contributed by atoms with Gasteiger partial charge in [-0.15, -0.1) is 0 Å². The van der Waals surface area contributed by atoms with Gasteiger partial charge in [-0.2, -0.15) is 0 Å². The smallest absolute Gasteiger partial charge is 0.307 e. The summed E-state index contributed by atoms with van der Waals surface area (Å²) in [6, 6.07) is 9.90. The number of ether oxygens (including phenoxy) is 2. The molecule has 1 aromatic carbocycles. The van der Waals surface area contributed by atoms with Crippen molar-refractivity contribution in [3.05, 3.63) is 30.3 Å². The highest BCUT2D eigenvalue weighted by Gasteiger charge is 2.25. The van der Waals surface area contributed by atoms with Gasteiger partial charge in [-0.05, 0) is 38.3 Å². The molecule has 0 radical (unpaired) electrons. The summed E-state index contributed by atoms with van der Waals surface area (Å²) in [5.74, 6) is 0.720. The number of carbonyl (C=O) groups is 2. The van der Waals surface area contributed by atoms with Crippen molar-refractivity contribution < 1.29 is 19.1 Å². The van der Waals surface area contributed by atoms with Gasteiger partial charge in [0.05, 0.1) is 19.6 Å². The standard InChI is InChI=1S/C21H31NO4/c1-2-25-21(24)15-16-22(18-10-5-3-6-11-18)20(23)14-9-17-26-19-12-7-4-8-13-19/h4,7-8,12-13,18H,2-3,5-6,9-11,14-17H2,1H3. The molecule has 26 heavy (non-hydrogen) atoms. The van der Waals surface area contributed by atoms with Crippen LogP contribution in [-0.4, -0.2) is 42.6 Å². The summed E-state index contributed by atoms with van der Waals surface area (Å²) in [4.78, 5) is 26.3. The van der Waals surface area contributed by atoms with Crippen LogP contribution in [0.1, 0.15) is 58.3 Å². The van der Waals surface area contributed by atoms with E-state index in [4.69, 9.17) is 9.47 Å². The Kier molecular flexibility index (Phi) is 9.01. The molecule has 0 heterocycles. The first-order chi connectivity index (χ1) is 12.7. The van der Waals surface area contributed by atoms with E-state index in [0.29, 0.717) is 32.6 Å². The fraction of sp³-hybridized carbons (Fsp3) is 0.619. The Bertz CT molecular complexity index is 540. The van der Waals surface area contributed by atoms with E-state index in [1.165, 1.54) is 6.42 Å². The highest BCUT2D eigenvalue weighted by Crippen LogP contribution is 2.23. The Morgan fingerprint density at radius 2 is 1.81 bits per heavy atom. The Labute approximate surface area is 156 Å². The van der Waals surface area contributed by atoms with Gasteiger partial charge in [0, 0.05) is 19.0 Å². The van der Waals surface area contributed by atoms with Crippen LogP contribution in [0.2, 0.25) is 0 Å². The molecule has 0 N–H and O–H groups in total. The van der Waals surface area contributed by atoms with Crippen molar-refractivity contribution in [3.8, 4) is 5.75 Å². The molecule has 0 saturated heterocycles. The van der Waals surface area contributed by atoms with Crippen molar-refractivity contribution in [1.29, 1.82) is 0 Å². The van der Waals surface area contributed by atoms with Crippen molar-refractivity contribution in [1.82, 2.24) is 4.90 Å². The minimum absolute atomic E-state index is 0.123. The van der Waals surface area contributed by atoms with E-state index in [9.17, 15) is 9.59 Å². The van der Waals surface area contributed by atoms with E-state index in [0.717, 1.165) is 31.4 Å². The summed E-state index contributed by atoms with van der Waals surface area (Å²) < 4.78 is 10.7. The number of benzene rings is 1. The van der Waals surface area contributed by atoms with Crippen molar-refractivity contribution >= 4 is 11.9 Å². The van der Waals surface area contributed by atoms with Crippen molar-refractivity contribution in [2.75, 3.05) is 19.8 Å². The van der Waals surface area contributed by atoms with Crippen LogP contribution < -0.4 is 4.74 Å². The third kappa shape index (κ3) is 7.06. The largest absolute Gasteiger partial charge is 0.494 e. The molecule has 1 aliphatic carbocycles. The number of esters is 1. The molecule has 5 nitrogen and oxygen atoms in total. The molecule has 0 aliphatic heterocycles. The van der Waals surface area contributed by atoms with Crippen LogP contribution in [-0.2, 0) is 14.3 Å². The van der Waals surface area contributed by atoms with Gasteiger partial charge in [-0.3, -0.25) is 9.59 Å². The molecule has 1 fully saturated rings. The third-order valence-corrected chi connectivity index (χ3v) is 4.74. The maximum Gasteiger partial charge on any atom is 0.307 e. The molecule has 0 aromatic heterocycles. The highest BCUT2D eigenvalue weighted by atomic mass is 16.5. The summed E-state index contributed by atoms with van der Waals surface area (Å²) in [5.41, 5.74) is 0. The molecule has 1 saturated carbocycles. The molecule has 0 atom stereocenters. The lowest BCUT2D eigenvalue weighted by atomic mass is 9.93. The van der Waals surface area contributed by atoms with Crippen LogP contribution in [0.25, 0.3) is 0 Å². The molecule has 1 aromatic rings. The number of rotatable bonds is 10. The second-order valence-electron chi connectivity index (χ2n) is 6.70. The van der Waals surface area contributed by atoms with Crippen LogP contribution in [0, 0.1) is 0 Å². The summed E-state index contributed by atoms with van der Waals surface area (Å²) >= 11 is 0. The minimum Gasteiger partial charge on any atom is -0.494 e. The number of nitrogens with zero attached hydrogens (tertiary/aromatic N) is 1. The Morgan fingerprint density at radius 1 is 1.08 bits per heavy atom. The quantitative estimate of drug-likeness (QED) is 0.467. The normalized spacial score (nSPS) is 14.7. The Hall–Kier alpha value is -2.04. The number of amides is 1. The van der Waals surface area contributed by atoms with Crippen molar-refractivity contribution in [2.45, 2.75) is 64.3 Å². The molecule has 0 spiro atoms. The van der Waals surface area contributed by atoms with Gasteiger partial charge >= 0.3 is 5.97 Å². The van der Waals surface area contributed by atoms with Crippen LogP contribution in [0.4, 0.5) is 0 Å². The van der Waals surface area contributed by atoms with Gasteiger partial charge in [0.15, 0.2) is 0 Å². The lowest BCUT2D eigenvalue weighted by molar-refractivity contribution is -0.144. The van der Waals surface area contributed by atoms with Gasteiger partial charge in [-0.1, -0.05) is 37.5 Å². The Balaban J connectivity index is 1.80. The van der Waals surface area contributed by atoms with Gasteiger partial charge in [0.1, 0.15) is 5.75 Å². The van der Waals surface area contributed by atoms with E-state index in [-0.39, 0.29) is 24.3 Å². The van der Waals surface area contributed by atoms with Gasteiger partial charge in [0.2, 0.25) is 5.91 Å². The highest BCUT2D eigenvalue weighted by molar-refractivity contribution is 5.77. The molecular weight excluding hydrogens is 330 g/mol. The van der Waals surface area contributed by atoms with E-state index in [1.807, 2.05) is 35.2 Å². The zero-order valence-electron chi connectivity index (χ0n) is 15.8. The average Bonchev–Trinajstić information content (AvgIpc) is 2.67. The van der Waals surface area contributed by atoms with Gasteiger partial charge in [-0.25, -0.2) is 0 Å². The van der Waals surface area contributed by atoms with E-state index < -0.39 is 0 Å². The first-order valence-electron chi connectivity index (χ1n) is 9.83. The first-order valence-corrected chi connectivity index (χ1v) is 9.83. The van der Waals surface area contributed by atoms with Crippen molar-refractivity contribution in [2.24, 2.45) is 0 Å². The topological polar surface area (TPSA) is 55.8 Å². The SMILES string of the molecule is CCOC(=O)CCN(C(=O)CCCOc1ccccc1)C1CCCCC1. The summed E-state index contributed by atoms with van der Waals surface area (Å²) in [5, 5.41) is 0. The number of hydrogen-bond acceptors (Lipinski definition) is 4. The number of hydrogen-bond donors (Lipinski definition) is 0. The van der Waals surface area contributed by atoms with Crippen LogP contribution in [0.3, 0.4) is 0 Å². The second-order valence-corrected chi connectivity index (χ2v) is 6.70. The van der Waals surface area contributed by atoms with Crippen LogP contribution >= 0.6 is 0 Å². The molecule has 5 heteroatoms. The second kappa shape index (κ2) is 11.6. The zero-order valence-corrected chi connectivity index (χ0v) is 15.8. The molecular formula is C21H31NO4. The van der Waals surface area contributed by atoms with Gasteiger partial charge in [0.25, 0.3) is 0 Å². The third-order valence-electron chi connectivity index (χ3n) is 4.74. The zero-order chi connectivity index (χ0) is 18.6. The molecule has 1 amide bonds. The fourth-order valence-electron chi connectivity index (χ4n) is 3.42. The predicted octanol–water partition coefficient (Wildman–Crippen LogP) is 3.96. The summed E-state index contributed by atoms with van der Waals surface area (Å²) in [6.45, 7) is 3.16. The summed E-state index contributed by atoms with van der Waals surface area (Å²) in [6.07, 6.45) is 7.03. The number of carbonyl (C=O) groups excluding carboxylic acids is 2. The number of para-hydroxylation sites is 1. The maximum atomic E-state index is 12.7. The molecule has 144 valence electrons. The molecule has 2 rings (SSSR count). The minimum atomic E-state index is -0.228. The maximum absolute atomic E-state index is 12.7. The lowest BCUT2D eigenvalue weighted by Gasteiger charge is -2.34. The average molecular weight is 361 g/mol. The van der Waals surface area contributed by atoms with E-state index >= 15 is 0 Å². The molecule has 1 aliphatic rings. The monoisotopic (exact) mass is 361 g/mol. The Morgan fingerprint density at radius 3 is 2.50 bits per heavy atom. The molecule has 0 bridgehead atoms. The summed E-state index contributed by atoms with van der Waals surface area (Å²) in [7, 11) is 0. The van der Waals surface area contributed by atoms with E-state index in [2.05, 4.69) is 0 Å². The van der Waals surface area contributed by atoms with E-state index in [1.54, 1.807) is 6.92 Å². The van der Waals surface area contributed by atoms with Gasteiger partial charge < -0.3 is 14.4 Å². The van der Waals surface area contributed by atoms with Crippen molar-refractivity contribution in [3.63, 3.8) is 0 Å².